The summed E-state index contributed by atoms with van der Waals surface area (Å²) in [6.07, 6.45) is 1.56. The molecular weight excluding hydrogens is 301 g/mol. The Hall–Kier alpha value is -1.69. The zero-order valence-corrected chi connectivity index (χ0v) is 11.5. The second-order valence-corrected chi connectivity index (χ2v) is 4.68. The SMILES string of the molecule is CN(C)c1nccc(Oc2cc(Br)ccc2F)n1. The molecule has 18 heavy (non-hydrogen) atoms. The Labute approximate surface area is 113 Å². The standard InChI is InChI=1S/C12H11BrFN3O/c1-17(2)12-15-6-5-11(16-12)18-10-7-8(13)3-4-9(10)14/h3-7H,1-2H3. The van der Waals surface area contributed by atoms with E-state index in [2.05, 4.69) is 25.9 Å². The number of halogens is 2. The van der Waals surface area contributed by atoms with Crippen LogP contribution in [0.3, 0.4) is 0 Å². The topological polar surface area (TPSA) is 38.2 Å². The molecule has 0 fully saturated rings. The van der Waals surface area contributed by atoms with Crippen LogP contribution in [0.2, 0.25) is 0 Å². The Morgan fingerprint density at radius 2 is 2.06 bits per heavy atom. The van der Waals surface area contributed by atoms with Crippen molar-refractivity contribution < 1.29 is 9.13 Å². The molecule has 0 atom stereocenters. The first kappa shape index (κ1) is 12.8. The van der Waals surface area contributed by atoms with E-state index in [-0.39, 0.29) is 5.75 Å². The van der Waals surface area contributed by atoms with Crippen molar-refractivity contribution in [3.05, 3.63) is 40.8 Å². The minimum Gasteiger partial charge on any atom is -0.436 e. The number of hydrogen-bond donors (Lipinski definition) is 0. The van der Waals surface area contributed by atoms with E-state index in [9.17, 15) is 4.39 Å². The van der Waals surface area contributed by atoms with Crippen molar-refractivity contribution in [2.75, 3.05) is 19.0 Å². The average Bonchev–Trinajstić information content (AvgIpc) is 2.34. The van der Waals surface area contributed by atoms with E-state index in [1.165, 1.54) is 6.07 Å². The average molecular weight is 312 g/mol. The van der Waals surface area contributed by atoms with Gasteiger partial charge in [-0.25, -0.2) is 9.37 Å². The van der Waals surface area contributed by atoms with Crippen LogP contribution in [0, 0.1) is 5.82 Å². The molecular formula is C12H11BrFN3O. The first-order chi connectivity index (χ1) is 8.56. The first-order valence-electron chi connectivity index (χ1n) is 5.19. The Balaban J connectivity index is 2.28. The number of aromatic nitrogens is 2. The second-order valence-electron chi connectivity index (χ2n) is 3.77. The number of anilines is 1. The summed E-state index contributed by atoms with van der Waals surface area (Å²) in [4.78, 5) is 9.94. The van der Waals surface area contributed by atoms with E-state index in [1.807, 2.05) is 14.1 Å². The highest BCUT2D eigenvalue weighted by Gasteiger charge is 2.08. The molecule has 2 rings (SSSR count). The van der Waals surface area contributed by atoms with Crippen molar-refractivity contribution in [1.29, 1.82) is 0 Å². The fourth-order valence-corrected chi connectivity index (χ4v) is 1.61. The molecule has 6 heteroatoms. The summed E-state index contributed by atoms with van der Waals surface area (Å²) in [5.74, 6) is 0.476. The van der Waals surface area contributed by atoms with Crippen LogP contribution in [0.1, 0.15) is 0 Å². The molecule has 0 saturated carbocycles. The third-order valence-corrected chi connectivity index (χ3v) is 2.62. The lowest BCUT2D eigenvalue weighted by molar-refractivity contribution is 0.426. The predicted octanol–water partition coefficient (Wildman–Crippen LogP) is 3.24. The molecule has 0 aliphatic carbocycles. The van der Waals surface area contributed by atoms with Crippen LogP contribution in [0.25, 0.3) is 0 Å². The van der Waals surface area contributed by atoms with Gasteiger partial charge >= 0.3 is 0 Å². The summed E-state index contributed by atoms with van der Waals surface area (Å²) >= 11 is 3.26. The summed E-state index contributed by atoms with van der Waals surface area (Å²) in [7, 11) is 3.64. The zero-order chi connectivity index (χ0) is 13.1. The molecule has 0 spiro atoms. The maximum Gasteiger partial charge on any atom is 0.228 e. The van der Waals surface area contributed by atoms with Crippen molar-refractivity contribution in [3.8, 4) is 11.6 Å². The predicted molar refractivity (Wildman–Crippen MR) is 70.5 cm³/mol. The first-order valence-corrected chi connectivity index (χ1v) is 5.99. The molecule has 0 saturated heterocycles. The Kier molecular flexibility index (Phi) is 3.76. The van der Waals surface area contributed by atoms with E-state index in [0.29, 0.717) is 11.8 Å². The summed E-state index contributed by atoms with van der Waals surface area (Å²) in [5, 5.41) is 0. The number of ether oxygens (including phenoxy) is 1. The van der Waals surface area contributed by atoms with Gasteiger partial charge in [0.05, 0.1) is 0 Å². The van der Waals surface area contributed by atoms with Crippen LogP contribution in [-0.4, -0.2) is 24.1 Å². The molecule has 0 amide bonds. The number of nitrogens with zero attached hydrogens (tertiary/aromatic N) is 3. The Morgan fingerprint density at radius 1 is 1.28 bits per heavy atom. The molecule has 94 valence electrons. The maximum absolute atomic E-state index is 13.5. The van der Waals surface area contributed by atoms with Gasteiger partial charge in [-0.2, -0.15) is 4.98 Å². The molecule has 0 aliphatic heterocycles. The molecule has 1 aromatic heterocycles. The highest BCUT2D eigenvalue weighted by atomic mass is 79.9. The molecule has 0 bridgehead atoms. The number of benzene rings is 1. The van der Waals surface area contributed by atoms with Crippen molar-refractivity contribution in [2.45, 2.75) is 0 Å². The van der Waals surface area contributed by atoms with Gasteiger partial charge < -0.3 is 9.64 Å². The molecule has 1 aromatic carbocycles. The van der Waals surface area contributed by atoms with E-state index in [1.54, 1.807) is 29.3 Å². The van der Waals surface area contributed by atoms with Crippen molar-refractivity contribution in [2.24, 2.45) is 0 Å². The Morgan fingerprint density at radius 3 is 2.78 bits per heavy atom. The second kappa shape index (κ2) is 5.30. The van der Waals surface area contributed by atoms with Gasteiger partial charge in [0.2, 0.25) is 11.8 Å². The van der Waals surface area contributed by atoms with Gasteiger partial charge in [-0.3, -0.25) is 0 Å². The molecule has 4 nitrogen and oxygen atoms in total. The molecule has 1 heterocycles. The Bertz CT molecular complexity index is 563. The van der Waals surface area contributed by atoms with Crippen molar-refractivity contribution >= 4 is 21.9 Å². The molecule has 0 N–H and O–H groups in total. The highest BCUT2D eigenvalue weighted by Crippen LogP contribution is 2.26. The highest BCUT2D eigenvalue weighted by molar-refractivity contribution is 9.10. The van der Waals surface area contributed by atoms with E-state index >= 15 is 0 Å². The van der Waals surface area contributed by atoms with Gasteiger partial charge in [0.25, 0.3) is 0 Å². The molecule has 0 radical (unpaired) electrons. The van der Waals surface area contributed by atoms with Crippen LogP contribution >= 0.6 is 15.9 Å². The fraction of sp³-hybridized carbons (Fsp3) is 0.167. The van der Waals surface area contributed by atoms with Crippen LogP contribution < -0.4 is 9.64 Å². The monoisotopic (exact) mass is 311 g/mol. The minimum atomic E-state index is -0.441. The lowest BCUT2D eigenvalue weighted by Crippen LogP contribution is -2.12. The minimum absolute atomic E-state index is 0.118. The zero-order valence-electron chi connectivity index (χ0n) is 9.89. The number of rotatable bonds is 3. The van der Waals surface area contributed by atoms with Crippen molar-refractivity contribution in [3.63, 3.8) is 0 Å². The lowest BCUT2D eigenvalue weighted by atomic mass is 10.3. The van der Waals surface area contributed by atoms with Crippen LogP contribution in [0.5, 0.6) is 11.6 Å². The molecule has 0 aliphatic rings. The largest absolute Gasteiger partial charge is 0.436 e. The van der Waals surface area contributed by atoms with E-state index in [0.717, 1.165) is 4.47 Å². The van der Waals surface area contributed by atoms with Gasteiger partial charge in [-0.05, 0) is 18.2 Å². The van der Waals surface area contributed by atoms with Gasteiger partial charge in [0, 0.05) is 30.8 Å². The summed E-state index contributed by atoms with van der Waals surface area (Å²) in [6.45, 7) is 0. The van der Waals surface area contributed by atoms with Gasteiger partial charge in [-0.15, -0.1) is 0 Å². The lowest BCUT2D eigenvalue weighted by Gasteiger charge is -2.11. The van der Waals surface area contributed by atoms with Crippen LogP contribution in [-0.2, 0) is 0 Å². The summed E-state index contributed by atoms with van der Waals surface area (Å²) < 4.78 is 19.6. The smallest absolute Gasteiger partial charge is 0.228 e. The maximum atomic E-state index is 13.5. The van der Waals surface area contributed by atoms with Crippen molar-refractivity contribution in [1.82, 2.24) is 9.97 Å². The quantitative estimate of drug-likeness (QED) is 0.872. The third-order valence-electron chi connectivity index (χ3n) is 2.13. The number of hydrogen-bond acceptors (Lipinski definition) is 4. The van der Waals surface area contributed by atoms with Crippen LogP contribution in [0.15, 0.2) is 34.9 Å². The van der Waals surface area contributed by atoms with Gasteiger partial charge in [0.1, 0.15) is 0 Å². The van der Waals surface area contributed by atoms with Gasteiger partial charge in [-0.1, -0.05) is 15.9 Å². The normalized spacial score (nSPS) is 10.2. The van der Waals surface area contributed by atoms with E-state index < -0.39 is 5.82 Å². The fourth-order valence-electron chi connectivity index (χ4n) is 1.27. The summed E-state index contributed by atoms with van der Waals surface area (Å²) in [5.41, 5.74) is 0. The van der Waals surface area contributed by atoms with Crippen LogP contribution in [0.4, 0.5) is 10.3 Å². The van der Waals surface area contributed by atoms with Gasteiger partial charge in [0.15, 0.2) is 11.6 Å². The molecule has 0 unspecified atom stereocenters. The molecule has 2 aromatic rings. The van der Waals surface area contributed by atoms with E-state index in [4.69, 9.17) is 4.74 Å². The summed E-state index contributed by atoms with van der Waals surface area (Å²) in [6, 6.07) is 6.06. The third kappa shape index (κ3) is 2.95.